The van der Waals surface area contributed by atoms with Crippen LogP contribution in [-0.4, -0.2) is 27.3 Å². The Morgan fingerprint density at radius 1 is 1.22 bits per heavy atom. The van der Waals surface area contributed by atoms with Crippen LogP contribution in [0.4, 0.5) is 5.69 Å². The van der Waals surface area contributed by atoms with E-state index in [0.29, 0.717) is 6.54 Å². The van der Waals surface area contributed by atoms with E-state index in [2.05, 4.69) is 19.2 Å². The van der Waals surface area contributed by atoms with Crippen LogP contribution >= 0.6 is 0 Å². The van der Waals surface area contributed by atoms with Crippen molar-refractivity contribution in [2.45, 2.75) is 20.3 Å². The number of hydrogen-bond acceptors (Lipinski definition) is 4. The number of hydrogen-bond donors (Lipinski definition) is 2. The molecular formula is C14H24N2O2. The summed E-state index contributed by atoms with van der Waals surface area (Å²) in [5.74, 6) is 1.58. The number of methoxy groups -OCH3 is 2. The molecule has 0 fully saturated rings. The Morgan fingerprint density at radius 3 is 2.50 bits per heavy atom. The van der Waals surface area contributed by atoms with Crippen LogP contribution in [0.25, 0.3) is 0 Å². The molecule has 102 valence electrons. The predicted octanol–water partition coefficient (Wildman–Crippen LogP) is 2.49. The van der Waals surface area contributed by atoms with Gasteiger partial charge in [-0.3, -0.25) is 0 Å². The molecule has 3 N–H and O–H groups in total. The van der Waals surface area contributed by atoms with E-state index in [-0.39, 0.29) is 5.41 Å². The Kier molecular flexibility index (Phi) is 5.28. The maximum Gasteiger partial charge on any atom is 0.145 e. The molecular weight excluding hydrogens is 228 g/mol. The van der Waals surface area contributed by atoms with Crippen LogP contribution in [0.2, 0.25) is 0 Å². The predicted molar refractivity (Wildman–Crippen MR) is 75.5 cm³/mol. The molecule has 4 nitrogen and oxygen atoms in total. The zero-order chi connectivity index (χ0) is 13.6. The van der Waals surface area contributed by atoms with Gasteiger partial charge < -0.3 is 20.5 Å². The van der Waals surface area contributed by atoms with E-state index in [9.17, 15) is 0 Å². The van der Waals surface area contributed by atoms with Gasteiger partial charge in [-0.25, -0.2) is 0 Å². The molecule has 18 heavy (non-hydrogen) atoms. The third-order valence-corrected chi connectivity index (χ3v) is 2.99. The summed E-state index contributed by atoms with van der Waals surface area (Å²) < 4.78 is 10.5. The molecule has 0 aliphatic carbocycles. The lowest BCUT2D eigenvalue weighted by atomic mass is 9.89. The normalized spacial score (nSPS) is 11.2. The molecule has 0 saturated heterocycles. The Morgan fingerprint density at radius 2 is 1.94 bits per heavy atom. The van der Waals surface area contributed by atoms with Crippen molar-refractivity contribution in [1.29, 1.82) is 0 Å². The summed E-state index contributed by atoms with van der Waals surface area (Å²) in [5, 5.41) is 3.40. The lowest BCUT2D eigenvalue weighted by molar-refractivity contribution is 0.363. The molecule has 1 aromatic carbocycles. The zero-order valence-corrected chi connectivity index (χ0v) is 11.7. The second kappa shape index (κ2) is 6.50. The third kappa shape index (κ3) is 4.11. The van der Waals surface area contributed by atoms with E-state index in [4.69, 9.17) is 15.2 Å². The largest absolute Gasteiger partial charge is 0.497 e. The van der Waals surface area contributed by atoms with E-state index in [1.807, 2.05) is 18.2 Å². The molecule has 0 amide bonds. The van der Waals surface area contributed by atoms with Crippen molar-refractivity contribution in [2.75, 3.05) is 32.6 Å². The summed E-state index contributed by atoms with van der Waals surface area (Å²) >= 11 is 0. The summed E-state index contributed by atoms with van der Waals surface area (Å²) in [6.07, 6.45) is 0.985. The van der Waals surface area contributed by atoms with Crippen molar-refractivity contribution in [1.82, 2.24) is 0 Å². The molecule has 0 heterocycles. The van der Waals surface area contributed by atoms with Crippen LogP contribution in [0, 0.1) is 5.41 Å². The van der Waals surface area contributed by atoms with Gasteiger partial charge >= 0.3 is 0 Å². The molecule has 0 saturated carbocycles. The van der Waals surface area contributed by atoms with Gasteiger partial charge in [0.2, 0.25) is 0 Å². The summed E-state index contributed by atoms with van der Waals surface area (Å²) in [7, 11) is 3.30. The average molecular weight is 252 g/mol. The highest BCUT2D eigenvalue weighted by Gasteiger charge is 2.17. The van der Waals surface area contributed by atoms with E-state index >= 15 is 0 Å². The first-order valence-corrected chi connectivity index (χ1v) is 6.18. The first-order chi connectivity index (χ1) is 8.52. The highest BCUT2D eigenvalue weighted by atomic mass is 16.5. The van der Waals surface area contributed by atoms with E-state index < -0.39 is 0 Å². The van der Waals surface area contributed by atoms with Gasteiger partial charge in [-0.05, 0) is 30.5 Å². The monoisotopic (exact) mass is 252 g/mol. The molecule has 0 aliphatic rings. The first-order valence-electron chi connectivity index (χ1n) is 6.18. The molecule has 0 atom stereocenters. The lowest BCUT2D eigenvalue weighted by Crippen LogP contribution is -2.26. The summed E-state index contributed by atoms with van der Waals surface area (Å²) in [6, 6.07) is 5.76. The van der Waals surface area contributed by atoms with Crippen molar-refractivity contribution in [3.63, 3.8) is 0 Å². The fourth-order valence-corrected chi connectivity index (χ4v) is 1.76. The highest BCUT2D eigenvalue weighted by molar-refractivity contribution is 5.59. The van der Waals surface area contributed by atoms with Crippen LogP contribution in [-0.2, 0) is 0 Å². The summed E-state index contributed by atoms with van der Waals surface area (Å²) in [4.78, 5) is 0. The van der Waals surface area contributed by atoms with Gasteiger partial charge in [-0.2, -0.15) is 0 Å². The quantitative estimate of drug-likeness (QED) is 0.783. The molecule has 0 aromatic heterocycles. The summed E-state index contributed by atoms with van der Waals surface area (Å²) in [6.45, 7) is 5.95. The number of anilines is 1. The van der Waals surface area contributed by atoms with Gasteiger partial charge in [0, 0.05) is 12.6 Å². The smallest absolute Gasteiger partial charge is 0.145 e. The lowest BCUT2D eigenvalue weighted by Gasteiger charge is -2.25. The minimum atomic E-state index is 0.166. The van der Waals surface area contributed by atoms with Crippen molar-refractivity contribution >= 4 is 5.69 Å². The van der Waals surface area contributed by atoms with Gasteiger partial charge in [-0.1, -0.05) is 13.8 Å². The maximum atomic E-state index is 5.61. The second-order valence-corrected chi connectivity index (χ2v) is 5.12. The van der Waals surface area contributed by atoms with Gasteiger partial charge in [0.15, 0.2) is 0 Å². The van der Waals surface area contributed by atoms with E-state index in [1.54, 1.807) is 14.2 Å². The van der Waals surface area contributed by atoms with Crippen LogP contribution < -0.4 is 20.5 Å². The van der Waals surface area contributed by atoms with Crippen molar-refractivity contribution in [3.05, 3.63) is 18.2 Å². The van der Waals surface area contributed by atoms with Crippen molar-refractivity contribution in [3.8, 4) is 11.5 Å². The van der Waals surface area contributed by atoms with Gasteiger partial charge in [0.05, 0.1) is 19.9 Å². The number of nitrogens with one attached hydrogen (secondary N) is 1. The molecule has 1 rings (SSSR count). The van der Waals surface area contributed by atoms with Crippen molar-refractivity contribution < 1.29 is 9.47 Å². The SMILES string of the molecule is COc1ccc(NCC(C)(C)CCN)c(OC)c1. The van der Waals surface area contributed by atoms with Gasteiger partial charge in [-0.15, -0.1) is 0 Å². The fraction of sp³-hybridized carbons (Fsp3) is 0.571. The van der Waals surface area contributed by atoms with Crippen LogP contribution in [0.15, 0.2) is 18.2 Å². The minimum Gasteiger partial charge on any atom is -0.497 e. The average Bonchev–Trinajstić information content (AvgIpc) is 2.36. The third-order valence-electron chi connectivity index (χ3n) is 2.99. The van der Waals surface area contributed by atoms with E-state index in [0.717, 1.165) is 30.2 Å². The second-order valence-electron chi connectivity index (χ2n) is 5.12. The molecule has 0 spiro atoms. The zero-order valence-electron chi connectivity index (χ0n) is 11.7. The minimum absolute atomic E-state index is 0.166. The Balaban J connectivity index is 2.72. The van der Waals surface area contributed by atoms with Gasteiger partial charge in [0.1, 0.15) is 11.5 Å². The Hall–Kier alpha value is -1.42. The number of ether oxygens (including phenoxy) is 2. The Labute approximate surface area is 109 Å². The van der Waals surface area contributed by atoms with Crippen LogP contribution in [0.3, 0.4) is 0 Å². The Bertz CT molecular complexity index is 378. The van der Waals surface area contributed by atoms with Crippen LogP contribution in [0.5, 0.6) is 11.5 Å². The molecule has 0 unspecified atom stereocenters. The topological polar surface area (TPSA) is 56.5 Å². The van der Waals surface area contributed by atoms with E-state index in [1.165, 1.54) is 0 Å². The maximum absolute atomic E-state index is 5.61. The van der Waals surface area contributed by atoms with Crippen molar-refractivity contribution in [2.24, 2.45) is 11.1 Å². The number of nitrogens with two attached hydrogens (primary N) is 1. The molecule has 0 bridgehead atoms. The molecule has 1 aromatic rings. The van der Waals surface area contributed by atoms with Gasteiger partial charge in [0.25, 0.3) is 0 Å². The molecule has 0 aliphatic heterocycles. The first kappa shape index (κ1) is 14.6. The number of rotatable bonds is 7. The fourth-order valence-electron chi connectivity index (χ4n) is 1.76. The molecule has 4 heteroatoms. The highest BCUT2D eigenvalue weighted by Crippen LogP contribution is 2.30. The standard InChI is InChI=1S/C14H24N2O2/c1-14(2,7-8-15)10-16-12-6-5-11(17-3)9-13(12)18-4/h5-6,9,16H,7-8,10,15H2,1-4H3. The molecule has 0 radical (unpaired) electrons. The number of benzene rings is 1. The summed E-state index contributed by atoms with van der Waals surface area (Å²) in [5.41, 5.74) is 6.75. The van der Waals surface area contributed by atoms with Crippen LogP contribution in [0.1, 0.15) is 20.3 Å².